The van der Waals surface area contributed by atoms with Gasteiger partial charge in [-0.1, -0.05) is 6.07 Å². The van der Waals surface area contributed by atoms with Crippen LogP contribution in [0.2, 0.25) is 0 Å². The largest absolute Gasteiger partial charge is 0.329 e. The summed E-state index contributed by atoms with van der Waals surface area (Å²) >= 11 is 1.20. The molecule has 2 aliphatic rings. The Labute approximate surface area is 166 Å². The van der Waals surface area contributed by atoms with Crippen molar-refractivity contribution in [3.8, 4) is 6.07 Å². The first-order valence-corrected chi connectivity index (χ1v) is 9.82. The number of nitrogens with zero attached hydrogens (tertiary/aromatic N) is 5. The normalized spacial score (nSPS) is 16.8. The minimum atomic E-state index is -0.209. The third kappa shape index (κ3) is 3.39. The van der Waals surface area contributed by atoms with E-state index in [1.807, 2.05) is 6.92 Å². The average Bonchev–Trinajstić information content (AvgIpc) is 3.44. The lowest BCUT2D eigenvalue weighted by Gasteiger charge is -2.35. The number of hydrogen-bond acceptors (Lipinski definition) is 7. The summed E-state index contributed by atoms with van der Waals surface area (Å²) < 4.78 is 4.33. The molecule has 0 bridgehead atoms. The zero-order valence-corrected chi connectivity index (χ0v) is 16.2. The number of nitrogens with one attached hydrogen (secondary N) is 2. The second-order valence-corrected chi connectivity index (χ2v) is 7.80. The van der Waals surface area contributed by atoms with Crippen molar-refractivity contribution < 1.29 is 4.79 Å². The Hall–Kier alpha value is -3.12. The average molecular weight is 393 g/mol. The first-order chi connectivity index (χ1) is 13.5. The number of amides is 1. The van der Waals surface area contributed by atoms with Gasteiger partial charge in [0.05, 0.1) is 18.2 Å². The van der Waals surface area contributed by atoms with Crippen LogP contribution in [-0.4, -0.2) is 56.4 Å². The summed E-state index contributed by atoms with van der Waals surface area (Å²) in [4.78, 5) is 20.4. The van der Waals surface area contributed by atoms with Gasteiger partial charge in [0.25, 0.3) is 5.91 Å². The maximum absolute atomic E-state index is 12.8. The van der Waals surface area contributed by atoms with E-state index in [2.05, 4.69) is 15.4 Å². The highest BCUT2D eigenvalue weighted by molar-refractivity contribution is 7.07. The third-order valence-electron chi connectivity index (χ3n) is 5.01. The number of carbonyl (C=O) groups excluding carboxylic acids is 1. The monoisotopic (exact) mass is 393 g/mol. The number of carbonyl (C=O) groups is 1. The molecule has 2 heterocycles. The number of hydrogen-bond donors (Lipinski definition) is 2. The second-order valence-electron chi connectivity index (χ2n) is 7.05. The number of aromatic nitrogens is 2. The highest BCUT2D eigenvalue weighted by Crippen LogP contribution is 2.38. The summed E-state index contributed by atoms with van der Waals surface area (Å²) in [5, 5.41) is 26.4. The molecule has 1 aromatic carbocycles. The van der Waals surface area contributed by atoms with Crippen molar-refractivity contribution in [2.75, 3.05) is 19.6 Å². The topological polar surface area (TPSA) is 121 Å². The lowest BCUT2D eigenvalue weighted by atomic mass is 10.0. The van der Waals surface area contributed by atoms with E-state index < -0.39 is 0 Å². The van der Waals surface area contributed by atoms with E-state index >= 15 is 0 Å². The Morgan fingerprint density at radius 2 is 2.14 bits per heavy atom. The van der Waals surface area contributed by atoms with Crippen LogP contribution in [0.5, 0.6) is 0 Å². The molecule has 28 heavy (non-hydrogen) atoms. The molecule has 2 fully saturated rings. The Balaban J connectivity index is 1.44. The Morgan fingerprint density at radius 3 is 2.82 bits per heavy atom. The van der Waals surface area contributed by atoms with E-state index in [9.17, 15) is 10.1 Å². The van der Waals surface area contributed by atoms with E-state index in [4.69, 9.17) is 10.8 Å². The number of aryl methyl sites for hydroxylation is 1. The smallest absolute Gasteiger partial charge is 0.254 e. The zero-order chi connectivity index (χ0) is 19.8. The molecule has 142 valence electrons. The maximum atomic E-state index is 12.8. The molecule has 1 saturated carbocycles. The van der Waals surface area contributed by atoms with Gasteiger partial charge < -0.3 is 9.80 Å². The molecule has 1 amide bonds. The van der Waals surface area contributed by atoms with Crippen molar-refractivity contribution >= 4 is 29.1 Å². The summed E-state index contributed by atoms with van der Waals surface area (Å²) in [5.74, 6) is 1.38. The minimum Gasteiger partial charge on any atom is -0.329 e. The van der Waals surface area contributed by atoms with Crippen LogP contribution < -0.4 is 0 Å². The van der Waals surface area contributed by atoms with Crippen LogP contribution in [-0.2, 0) is 0 Å². The van der Waals surface area contributed by atoms with Gasteiger partial charge in [0.1, 0.15) is 11.7 Å². The van der Waals surface area contributed by atoms with Crippen molar-refractivity contribution in [2.45, 2.75) is 25.7 Å². The molecule has 2 N–H and O–H groups in total. The molecule has 9 heteroatoms. The van der Waals surface area contributed by atoms with Gasteiger partial charge in [-0.25, -0.2) is 4.98 Å². The van der Waals surface area contributed by atoms with Crippen LogP contribution in [0.4, 0.5) is 0 Å². The van der Waals surface area contributed by atoms with Gasteiger partial charge in [0.2, 0.25) is 0 Å². The molecular weight excluding hydrogens is 374 g/mol. The molecule has 1 aliphatic heterocycles. The lowest BCUT2D eigenvalue weighted by molar-refractivity contribution is 0.0757. The van der Waals surface area contributed by atoms with Gasteiger partial charge in [-0.05, 0) is 49.0 Å². The van der Waals surface area contributed by atoms with Crippen molar-refractivity contribution in [2.24, 2.45) is 0 Å². The van der Waals surface area contributed by atoms with E-state index in [1.165, 1.54) is 11.5 Å². The van der Waals surface area contributed by atoms with Crippen molar-refractivity contribution in [1.82, 2.24) is 19.2 Å². The molecule has 0 radical (unpaired) electrons. The van der Waals surface area contributed by atoms with Gasteiger partial charge in [0.15, 0.2) is 10.8 Å². The SMILES string of the molecule is Cc1ccc(C(=O)N2CCN(C(=N)c3nc(C4CC4)ns3)C(=N)C2)cc1C#N. The van der Waals surface area contributed by atoms with Gasteiger partial charge in [-0.2, -0.15) is 9.64 Å². The number of rotatable bonds is 3. The highest BCUT2D eigenvalue weighted by atomic mass is 32.1. The second kappa shape index (κ2) is 7.13. The molecule has 4 rings (SSSR count). The number of benzene rings is 1. The Bertz CT molecular complexity index is 1020. The fourth-order valence-electron chi connectivity index (χ4n) is 3.13. The van der Waals surface area contributed by atoms with Crippen molar-refractivity contribution in [1.29, 1.82) is 16.1 Å². The van der Waals surface area contributed by atoms with Crippen LogP contribution >= 0.6 is 11.5 Å². The van der Waals surface area contributed by atoms with Crippen LogP contribution in [0.3, 0.4) is 0 Å². The molecule has 1 saturated heterocycles. The predicted molar refractivity (Wildman–Crippen MR) is 105 cm³/mol. The molecule has 0 atom stereocenters. The molecule has 8 nitrogen and oxygen atoms in total. The Kier molecular flexibility index (Phi) is 4.65. The number of piperazine rings is 1. The van der Waals surface area contributed by atoms with Crippen molar-refractivity contribution in [3.63, 3.8) is 0 Å². The summed E-state index contributed by atoms with van der Waals surface area (Å²) in [6.07, 6.45) is 2.21. The fraction of sp³-hybridized carbons (Fsp3) is 0.368. The third-order valence-corrected chi connectivity index (χ3v) is 5.74. The standard InChI is InChI=1S/C19H19N7OS/c1-11-2-3-13(8-14(11)9-20)19(27)25-6-7-26(15(21)10-25)16(22)18-23-17(24-28-18)12-4-5-12/h2-3,8,12,21-22H,4-7,10H2,1H3. The van der Waals surface area contributed by atoms with Crippen molar-refractivity contribution in [3.05, 3.63) is 45.7 Å². The summed E-state index contributed by atoms with van der Waals surface area (Å²) in [5.41, 5.74) is 1.74. The lowest BCUT2D eigenvalue weighted by Crippen LogP contribution is -2.53. The number of amidine groups is 2. The van der Waals surface area contributed by atoms with Crippen LogP contribution in [0.25, 0.3) is 0 Å². The molecule has 1 aliphatic carbocycles. The van der Waals surface area contributed by atoms with Crippen LogP contribution in [0, 0.1) is 29.1 Å². The first kappa shape index (κ1) is 18.3. The van der Waals surface area contributed by atoms with E-state index in [0.717, 1.165) is 24.2 Å². The van der Waals surface area contributed by atoms with Crippen LogP contribution in [0.1, 0.15) is 51.1 Å². The zero-order valence-electron chi connectivity index (χ0n) is 15.4. The Morgan fingerprint density at radius 1 is 1.36 bits per heavy atom. The maximum Gasteiger partial charge on any atom is 0.254 e. The predicted octanol–water partition coefficient (Wildman–Crippen LogP) is 2.36. The molecule has 1 aromatic heterocycles. The summed E-state index contributed by atoms with van der Waals surface area (Å²) in [6.45, 7) is 2.70. The quantitative estimate of drug-likeness (QED) is 0.612. The molecular formula is C19H19N7OS. The van der Waals surface area contributed by atoms with E-state index in [-0.39, 0.29) is 24.1 Å². The molecule has 0 unspecified atom stereocenters. The van der Waals surface area contributed by atoms with E-state index in [0.29, 0.717) is 35.1 Å². The molecule has 0 spiro atoms. The molecule has 2 aromatic rings. The van der Waals surface area contributed by atoms with Gasteiger partial charge in [-0.15, -0.1) is 0 Å². The van der Waals surface area contributed by atoms with Gasteiger partial charge in [0, 0.05) is 24.6 Å². The summed E-state index contributed by atoms with van der Waals surface area (Å²) in [6, 6.07) is 7.15. The van der Waals surface area contributed by atoms with Gasteiger partial charge in [-0.3, -0.25) is 15.6 Å². The van der Waals surface area contributed by atoms with Crippen LogP contribution in [0.15, 0.2) is 18.2 Å². The van der Waals surface area contributed by atoms with Gasteiger partial charge >= 0.3 is 0 Å². The summed E-state index contributed by atoms with van der Waals surface area (Å²) in [7, 11) is 0. The fourth-order valence-corrected chi connectivity index (χ4v) is 3.83. The minimum absolute atomic E-state index is 0.116. The highest BCUT2D eigenvalue weighted by Gasteiger charge is 2.32. The van der Waals surface area contributed by atoms with E-state index in [1.54, 1.807) is 28.0 Å². The number of nitriles is 1. The first-order valence-electron chi connectivity index (χ1n) is 9.05.